The second kappa shape index (κ2) is 7.91. The first-order valence-electron chi connectivity index (χ1n) is 7.82. The zero-order chi connectivity index (χ0) is 19.4. The average molecular weight is 407 g/mol. The summed E-state index contributed by atoms with van der Waals surface area (Å²) in [6.45, 7) is -0.179. The monoisotopic (exact) mass is 407 g/mol. The van der Waals surface area contributed by atoms with Gasteiger partial charge in [0.2, 0.25) is 10.0 Å². The van der Waals surface area contributed by atoms with Crippen LogP contribution in [0.3, 0.4) is 0 Å². The number of nitrogens with zero attached hydrogens (tertiary/aromatic N) is 1. The number of sulfonamides is 1. The van der Waals surface area contributed by atoms with E-state index in [1.165, 1.54) is 30.5 Å². The SMILES string of the molecule is CNS(=O)(=O)c1ccc2nc(NC(=O)COc3ccc(OC)cc3)sc2c1. The predicted octanol–water partition coefficient (Wildman–Crippen LogP) is 2.23. The van der Waals surface area contributed by atoms with Gasteiger partial charge in [-0.3, -0.25) is 10.1 Å². The van der Waals surface area contributed by atoms with Crippen molar-refractivity contribution in [1.29, 1.82) is 0 Å². The van der Waals surface area contributed by atoms with Gasteiger partial charge >= 0.3 is 0 Å². The Morgan fingerprint density at radius 1 is 1.15 bits per heavy atom. The number of ether oxygens (including phenoxy) is 2. The van der Waals surface area contributed by atoms with Gasteiger partial charge in [0.1, 0.15) is 11.5 Å². The summed E-state index contributed by atoms with van der Waals surface area (Å²) in [5.41, 5.74) is 0.599. The van der Waals surface area contributed by atoms with E-state index in [9.17, 15) is 13.2 Å². The van der Waals surface area contributed by atoms with Crippen LogP contribution in [0.2, 0.25) is 0 Å². The normalized spacial score (nSPS) is 11.3. The number of thiazole rings is 1. The fourth-order valence-electron chi connectivity index (χ4n) is 2.22. The highest BCUT2D eigenvalue weighted by Crippen LogP contribution is 2.28. The van der Waals surface area contributed by atoms with Crippen LogP contribution in [0, 0.1) is 0 Å². The molecule has 0 bridgehead atoms. The molecule has 1 amide bonds. The lowest BCUT2D eigenvalue weighted by Crippen LogP contribution is -2.19. The van der Waals surface area contributed by atoms with Crippen LogP contribution < -0.4 is 19.5 Å². The lowest BCUT2D eigenvalue weighted by Gasteiger charge is -2.06. The minimum atomic E-state index is -3.54. The van der Waals surface area contributed by atoms with Gasteiger partial charge in [-0.25, -0.2) is 18.1 Å². The molecule has 142 valence electrons. The van der Waals surface area contributed by atoms with Crippen LogP contribution in [0.25, 0.3) is 10.2 Å². The van der Waals surface area contributed by atoms with Gasteiger partial charge in [0.15, 0.2) is 11.7 Å². The Balaban J connectivity index is 1.65. The Hall–Kier alpha value is -2.69. The lowest BCUT2D eigenvalue weighted by atomic mass is 10.3. The van der Waals surface area contributed by atoms with Crippen LogP contribution in [-0.4, -0.2) is 40.1 Å². The standard InChI is InChI=1S/C17H17N3O5S2/c1-18-27(22,23)13-7-8-14-15(9-13)26-17(19-14)20-16(21)10-25-12-5-3-11(24-2)4-6-12/h3-9,18H,10H2,1-2H3,(H,19,20,21). The van der Waals surface area contributed by atoms with Crippen molar-refractivity contribution in [2.45, 2.75) is 4.90 Å². The molecule has 0 aliphatic carbocycles. The highest BCUT2D eigenvalue weighted by Gasteiger charge is 2.14. The van der Waals surface area contributed by atoms with E-state index in [1.54, 1.807) is 37.4 Å². The number of aromatic nitrogens is 1. The molecule has 1 aromatic heterocycles. The van der Waals surface area contributed by atoms with Gasteiger partial charge in [-0.2, -0.15) is 0 Å². The molecule has 0 spiro atoms. The van der Waals surface area contributed by atoms with Gasteiger partial charge in [-0.1, -0.05) is 11.3 Å². The molecule has 3 aromatic rings. The first kappa shape index (κ1) is 19.1. The van der Waals surface area contributed by atoms with Crippen LogP contribution in [-0.2, 0) is 14.8 Å². The second-order valence-electron chi connectivity index (χ2n) is 5.37. The number of anilines is 1. The molecule has 0 aliphatic heterocycles. The minimum Gasteiger partial charge on any atom is -0.497 e. The highest BCUT2D eigenvalue weighted by atomic mass is 32.2. The van der Waals surface area contributed by atoms with E-state index in [-0.39, 0.29) is 17.4 Å². The fraction of sp³-hybridized carbons (Fsp3) is 0.176. The van der Waals surface area contributed by atoms with E-state index in [0.717, 1.165) is 0 Å². The van der Waals surface area contributed by atoms with Crippen molar-refractivity contribution in [3.8, 4) is 11.5 Å². The maximum atomic E-state index is 12.1. The second-order valence-corrected chi connectivity index (χ2v) is 8.29. The lowest BCUT2D eigenvalue weighted by molar-refractivity contribution is -0.118. The summed E-state index contributed by atoms with van der Waals surface area (Å²) in [5, 5.41) is 3.02. The Labute approximate surface area is 160 Å². The van der Waals surface area contributed by atoms with Crippen LogP contribution >= 0.6 is 11.3 Å². The third-order valence-corrected chi connectivity index (χ3v) is 5.96. The molecular weight excluding hydrogens is 390 g/mol. The zero-order valence-electron chi connectivity index (χ0n) is 14.6. The molecule has 0 fully saturated rings. The molecule has 1 heterocycles. The van der Waals surface area contributed by atoms with E-state index in [0.29, 0.717) is 26.8 Å². The minimum absolute atomic E-state index is 0.141. The van der Waals surface area contributed by atoms with E-state index < -0.39 is 10.0 Å². The molecule has 0 atom stereocenters. The van der Waals surface area contributed by atoms with Crippen molar-refractivity contribution in [3.05, 3.63) is 42.5 Å². The van der Waals surface area contributed by atoms with E-state index >= 15 is 0 Å². The maximum absolute atomic E-state index is 12.1. The molecule has 3 rings (SSSR count). The number of fused-ring (bicyclic) bond motifs is 1. The van der Waals surface area contributed by atoms with E-state index in [1.807, 2.05) is 0 Å². The number of carbonyl (C=O) groups excluding carboxylic acids is 1. The molecule has 2 aromatic carbocycles. The van der Waals surface area contributed by atoms with Gasteiger partial charge in [-0.05, 0) is 49.5 Å². The molecule has 0 aliphatic rings. The van der Waals surface area contributed by atoms with Crippen molar-refractivity contribution in [2.75, 3.05) is 26.1 Å². The summed E-state index contributed by atoms with van der Waals surface area (Å²) < 4.78 is 37.1. The summed E-state index contributed by atoms with van der Waals surface area (Å²) in [6, 6.07) is 11.4. The molecule has 10 heteroatoms. The summed E-state index contributed by atoms with van der Waals surface area (Å²) in [5.74, 6) is 0.867. The van der Waals surface area contributed by atoms with E-state index in [2.05, 4.69) is 15.0 Å². The number of rotatable bonds is 7. The summed E-state index contributed by atoms with van der Waals surface area (Å²) in [7, 11) is -0.619. The van der Waals surface area contributed by atoms with Gasteiger partial charge in [0, 0.05) is 0 Å². The third kappa shape index (κ3) is 4.54. The molecule has 0 radical (unpaired) electrons. The highest BCUT2D eigenvalue weighted by molar-refractivity contribution is 7.89. The number of benzene rings is 2. The van der Waals surface area contributed by atoms with Crippen molar-refractivity contribution in [2.24, 2.45) is 0 Å². The van der Waals surface area contributed by atoms with Crippen LogP contribution in [0.4, 0.5) is 5.13 Å². The quantitative estimate of drug-likeness (QED) is 0.622. The Kier molecular flexibility index (Phi) is 5.59. The predicted molar refractivity (Wildman–Crippen MR) is 103 cm³/mol. The van der Waals surface area contributed by atoms with Crippen molar-refractivity contribution in [1.82, 2.24) is 9.71 Å². The van der Waals surface area contributed by atoms with Gasteiger partial charge in [-0.15, -0.1) is 0 Å². The number of nitrogens with one attached hydrogen (secondary N) is 2. The number of carbonyl (C=O) groups is 1. The molecule has 0 unspecified atom stereocenters. The summed E-state index contributed by atoms with van der Waals surface area (Å²) in [4.78, 5) is 16.5. The van der Waals surface area contributed by atoms with Crippen LogP contribution in [0.1, 0.15) is 0 Å². The van der Waals surface area contributed by atoms with Gasteiger partial charge in [0.05, 0.1) is 22.2 Å². The van der Waals surface area contributed by atoms with Crippen molar-refractivity contribution in [3.63, 3.8) is 0 Å². The smallest absolute Gasteiger partial charge is 0.264 e. The number of hydrogen-bond donors (Lipinski definition) is 2. The molecule has 8 nitrogen and oxygen atoms in total. The van der Waals surface area contributed by atoms with Gasteiger partial charge < -0.3 is 9.47 Å². The molecule has 0 saturated heterocycles. The fourth-order valence-corrected chi connectivity index (χ4v) is 3.97. The van der Waals surface area contributed by atoms with Crippen molar-refractivity contribution >= 4 is 42.6 Å². The topological polar surface area (TPSA) is 107 Å². The Bertz CT molecular complexity index is 1060. The molecular formula is C17H17N3O5S2. The van der Waals surface area contributed by atoms with Gasteiger partial charge in [0.25, 0.3) is 5.91 Å². The molecule has 27 heavy (non-hydrogen) atoms. The third-order valence-electron chi connectivity index (χ3n) is 3.61. The number of amides is 1. The first-order valence-corrected chi connectivity index (χ1v) is 10.1. The number of methoxy groups -OCH3 is 1. The Morgan fingerprint density at radius 3 is 2.52 bits per heavy atom. The zero-order valence-corrected chi connectivity index (χ0v) is 16.2. The van der Waals surface area contributed by atoms with Crippen molar-refractivity contribution < 1.29 is 22.7 Å². The summed E-state index contributed by atoms with van der Waals surface area (Å²) in [6.07, 6.45) is 0. The average Bonchev–Trinajstić information content (AvgIpc) is 3.08. The largest absolute Gasteiger partial charge is 0.497 e. The summed E-state index contributed by atoms with van der Waals surface area (Å²) >= 11 is 1.19. The first-order chi connectivity index (χ1) is 12.9. The maximum Gasteiger partial charge on any atom is 0.264 e. The molecule has 2 N–H and O–H groups in total. The number of hydrogen-bond acceptors (Lipinski definition) is 7. The van der Waals surface area contributed by atoms with Crippen LogP contribution in [0.5, 0.6) is 11.5 Å². The van der Waals surface area contributed by atoms with E-state index in [4.69, 9.17) is 9.47 Å². The van der Waals surface area contributed by atoms with Crippen LogP contribution in [0.15, 0.2) is 47.4 Å². The Morgan fingerprint density at radius 2 is 1.85 bits per heavy atom. The molecule has 0 saturated carbocycles.